The number of carbonyl (C=O) groups excluding carboxylic acids is 1. The molecular formula is C13H9BrCl2N2O. The Morgan fingerprint density at radius 3 is 2.74 bits per heavy atom. The quantitative estimate of drug-likeness (QED) is 0.789. The van der Waals surface area contributed by atoms with Crippen LogP contribution in [0.2, 0.25) is 10.0 Å². The first-order valence-corrected chi connectivity index (χ1v) is 6.92. The Bertz CT molecular complexity index is 647. The minimum absolute atomic E-state index is 0.325. The smallest absolute Gasteiger partial charge is 0.258 e. The van der Waals surface area contributed by atoms with Gasteiger partial charge in [0.15, 0.2) is 0 Å². The molecule has 1 amide bonds. The van der Waals surface area contributed by atoms with Gasteiger partial charge in [-0.3, -0.25) is 4.79 Å². The van der Waals surface area contributed by atoms with Gasteiger partial charge in [-0.2, -0.15) is 0 Å². The molecule has 98 valence electrons. The van der Waals surface area contributed by atoms with E-state index in [1.54, 1.807) is 30.5 Å². The number of anilines is 1. The van der Waals surface area contributed by atoms with Crippen LogP contribution in [0, 0.1) is 6.92 Å². The summed E-state index contributed by atoms with van der Waals surface area (Å²) in [4.78, 5) is 16.1. The number of hydrogen-bond donors (Lipinski definition) is 1. The predicted octanol–water partition coefficient (Wildman–Crippen LogP) is 4.71. The maximum Gasteiger partial charge on any atom is 0.258 e. The van der Waals surface area contributed by atoms with Crippen molar-refractivity contribution in [1.29, 1.82) is 0 Å². The molecule has 0 fully saturated rings. The van der Waals surface area contributed by atoms with Gasteiger partial charge in [-0.15, -0.1) is 0 Å². The van der Waals surface area contributed by atoms with Gasteiger partial charge >= 0.3 is 0 Å². The molecule has 6 heteroatoms. The summed E-state index contributed by atoms with van der Waals surface area (Å²) >= 11 is 15.4. The fourth-order valence-corrected chi connectivity index (χ4v) is 2.40. The molecule has 0 spiro atoms. The second-order valence-corrected chi connectivity index (χ2v) is 5.39. The third kappa shape index (κ3) is 3.08. The minimum atomic E-state index is -0.325. The lowest BCUT2D eigenvalue weighted by Gasteiger charge is -2.11. The number of benzene rings is 1. The second-order valence-electron chi connectivity index (χ2n) is 3.85. The number of halogens is 3. The summed E-state index contributed by atoms with van der Waals surface area (Å²) in [6.07, 6.45) is 1.59. The van der Waals surface area contributed by atoms with Crippen molar-refractivity contribution in [3.8, 4) is 0 Å². The third-order valence-electron chi connectivity index (χ3n) is 2.53. The van der Waals surface area contributed by atoms with Crippen molar-refractivity contribution < 1.29 is 4.79 Å². The first kappa shape index (κ1) is 14.3. The lowest BCUT2D eigenvalue weighted by atomic mass is 10.2. The fourth-order valence-electron chi connectivity index (χ4n) is 1.51. The van der Waals surface area contributed by atoms with Crippen LogP contribution in [0.25, 0.3) is 0 Å². The largest absolute Gasteiger partial charge is 0.319 e. The van der Waals surface area contributed by atoms with E-state index in [9.17, 15) is 4.79 Å². The number of nitrogens with one attached hydrogen (secondary N) is 1. The van der Waals surface area contributed by atoms with E-state index in [2.05, 4.69) is 26.2 Å². The van der Waals surface area contributed by atoms with Crippen LogP contribution in [0.5, 0.6) is 0 Å². The lowest BCUT2D eigenvalue weighted by molar-refractivity contribution is 0.102. The molecule has 0 radical (unpaired) electrons. The Labute approximate surface area is 129 Å². The SMILES string of the molecule is Cc1ccc(Cl)c(NC(=O)c2cccnc2Br)c1Cl. The number of amides is 1. The van der Waals surface area contributed by atoms with Crippen LogP contribution in [0.1, 0.15) is 15.9 Å². The van der Waals surface area contributed by atoms with Crippen LogP contribution in [0.3, 0.4) is 0 Å². The summed E-state index contributed by atoms with van der Waals surface area (Å²) in [5, 5.41) is 3.53. The van der Waals surface area contributed by atoms with Crippen molar-refractivity contribution in [2.75, 3.05) is 5.32 Å². The number of carbonyl (C=O) groups is 1. The molecule has 1 N–H and O–H groups in total. The van der Waals surface area contributed by atoms with Gasteiger partial charge in [0.1, 0.15) is 4.60 Å². The Morgan fingerprint density at radius 2 is 2.05 bits per heavy atom. The van der Waals surface area contributed by atoms with Gasteiger partial charge in [0.2, 0.25) is 0 Å². The summed E-state index contributed by atoms with van der Waals surface area (Å²) in [6.45, 7) is 1.84. The number of aryl methyl sites for hydroxylation is 1. The topological polar surface area (TPSA) is 42.0 Å². The minimum Gasteiger partial charge on any atom is -0.319 e. The average Bonchev–Trinajstić information content (AvgIpc) is 2.39. The standard InChI is InChI=1S/C13H9BrCl2N2O/c1-7-4-5-9(15)11(10(7)16)18-13(19)8-3-2-6-17-12(8)14/h2-6H,1H3,(H,18,19). The molecule has 0 saturated heterocycles. The summed E-state index contributed by atoms with van der Waals surface area (Å²) in [6, 6.07) is 6.82. The molecule has 1 aromatic heterocycles. The fraction of sp³-hybridized carbons (Fsp3) is 0.0769. The molecule has 0 unspecified atom stereocenters. The number of pyridine rings is 1. The molecule has 0 aliphatic rings. The molecule has 0 saturated carbocycles. The molecular weight excluding hydrogens is 351 g/mol. The van der Waals surface area contributed by atoms with Crippen molar-refractivity contribution >= 4 is 50.7 Å². The summed E-state index contributed by atoms with van der Waals surface area (Å²) in [5.74, 6) is -0.325. The molecule has 1 aromatic carbocycles. The molecule has 2 rings (SSSR count). The van der Waals surface area contributed by atoms with Gasteiger partial charge in [-0.1, -0.05) is 29.3 Å². The van der Waals surface area contributed by atoms with Crippen molar-refractivity contribution in [2.45, 2.75) is 6.92 Å². The maximum absolute atomic E-state index is 12.2. The number of nitrogens with zero attached hydrogens (tertiary/aromatic N) is 1. The van der Waals surface area contributed by atoms with Crippen molar-refractivity contribution in [3.63, 3.8) is 0 Å². The van der Waals surface area contributed by atoms with E-state index in [1.807, 2.05) is 6.92 Å². The van der Waals surface area contributed by atoms with E-state index in [1.165, 1.54) is 0 Å². The summed E-state index contributed by atoms with van der Waals surface area (Å²) in [7, 11) is 0. The van der Waals surface area contributed by atoms with Crippen LogP contribution in [0.4, 0.5) is 5.69 Å². The van der Waals surface area contributed by atoms with Gasteiger partial charge in [0.05, 0.1) is 21.3 Å². The first-order chi connectivity index (χ1) is 9.00. The van der Waals surface area contributed by atoms with Gasteiger partial charge in [0.25, 0.3) is 5.91 Å². The molecule has 2 aromatic rings. The van der Waals surface area contributed by atoms with E-state index < -0.39 is 0 Å². The van der Waals surface area contributed by atoms with Crippen molar-refractivity contribution in [2.24, 2.45) is 0 Å². The van der Waals surface area contributed by atoms with E-state index >= 15 is 0 Å². The molecule has 0 aliphatic heterocycles. The average molecular weight is 360 g/mol. The number of aromatic nitrogens is 1. The van der Waals surface area contributed by atoms with Gasteiger partial charge < -0.3 is 5.32 Å². The zero-order valence-corrected chi connectivity index (χ0v) is 13.0. The molecule has 1 heterocycles. The summed E-state index contributed by atoms with van der Waals surface area (Å²) < 4.78 is 0.465. The van der Waals surface area contributed by atoms with Gasteiger partial charge in [-0.05, 0) is 46.6 Å². The van der Waals surface area contributed by atoms with Crippen LogP contribution in [0.15, 0.2) is 35.1 Å². The monoisotopic (exact) mass is 358 g/mol. The van der Waals surface area contributed by atoms with E-state index in [4.69, 9.17) is 23.2 Å². The zero-order chi connectivity index (χ0) is 14.0. The molecule has 0 aliphatic carbocycles. The van der Waals surface area contributed by atoms with Crippen molar-refractivity contribution in [3.05, 3.63) is 56.2 Å². The molecule has 0 bridgehead atoms. The third-order valence-corrected chi connectivity index (χ3v) is 3.96. The highest BCUT2D eigenvalue weighted by Crippen LogP contribution is 2.33. The molecule has 3 nitrogen and oxygen atoms in total. The zero-order valence-electron chi connectivity index (χ0n) is 9.88. The number of hydrogen-bond acceptors (Lipinski definition) is 2. The Hall–Kier alpha value is -1.10. The van der Waals surface area contributed by atoms with Crippen LogP contribution < -0.4 is 5.32 Å². The first-order valence-electron chi connectivity index (χ1n) is 5.37. The lowest BCUT2D eigenvalue weighted by Crippen LogP contribution is -2.14. The van der Waals surface area contributed by atoms with E-state index in [-0.39, 0.29) is 5.91 Å². The summed E-state index contributed by atoms with van der Waals surface area (Å²) in [5.41, 5.74) is 1.66. The Kier molecular flexibility index (Phi) is 4.45. The highest BCUT2D eigenvalue weighted by molar-refractivity contribution is 9.10. The highest BCUT2D eigenvalue weighted by Gasteiger charge is 2.15. The molecule has 0 atom stereocenters. The molecule has 19 heavy (non-hydrogen) atoms. The Balaban J connectivity index is 2.35. The normalized spacial score (nSPS) is 10.3. The van der Waals surface area contributed by atoms with Crippen molar-refractivity contribution in [1.82, 2.24) is 4.98 Å². The van der Waals surface area contributed by atoms with Crippen LogP contribution >= 0.6 is 39.1 Å². The number of rotatable bonds is 2. The Morgan fingerprint density at radius 1 is 1.32 bits per heavy atom. The van der Waals surface area contributed by atoms with Gasteiger partial charge in [0, 0.05) is 6.20 Å². The highest BCUT2D eigenvalue weighted by atomic mass is 79.9. The second kappa shape index (κ2) is 5.90. The van der Waals surface area contributed by atoms with Gasteiger partial charge in [-0.25, -0.2) is 4.98 Å². The van der Waals surface area contributed by atoms with Crippen LogP contribution in [-0.4, -0.2) is 10.9 Å². The maximum atomic E-state index is 12.2. The van der Waals surface area contributed by atoms with E-state index in [0.717, 1.165) is 5.56 Å². The van der Waals surface area contributed by atoms with Crippen LogP contribution in [-0.2, 0) is 0 Å². The van der Waals surface area contributed by atoms with E-state index in [0.29, 0.717) is 25.9 Å². The predicted molar refractivity (Wildman–Crippen MR) is 81.1 cm³/mol.